The molecule has 2 fully saturated rings. The van der Waals surface area contributed by atoms with Crippen molar-refractivity contribution < 1.29 is 14.4 Å². The molecule has 0 radical (unpaired) electrons. The van der Waals surface area contributed by atoms with Crippen LogP contribution >= 0.6 is 0 Å². The average molecular weight is 435 g/mol. The minimum atomic E-state index is -0.603. The van der Waals surface area contributed by atoms with Gasteiger partial charge in [-0.15, -0.1) is 0 Å². The Kier molecular flexibility index (Phi) is 9.38. The summed E-state index contributed by atoms with van der Waals surface area (Å²) < 4.78 is 0. The number of hydrogen-bond acceptors (Lipinski definition) is 3. The molecule has 0 unspecified atom stereocenters. The predicted molar refractivity (Wildman–Crippen MR) is 124 cm³/mol. The molecule has 1 saturated carbocycles. The number of carbonyl (C=O) groups is 3. The van der Waals surface area contributed by atoms with E-state index in [0.717, 1.165) is 44.9 Å². The Morgan fingerprint density at radius 2 is 1.84 bits per heavy atom. The van der Waals surface area contributed by atoms with Crippen LogP contribution < -0.4 is 10.6 Å². The molecule has 0 spiro atoms. The van der Waals surface area contributed by atoms with E-state index in [0.29, 0.717) is 19.4 Å². The first-order chi connectivity index (χ1) is 14.6. The van der Waals surface area contributed by atoms with Crippen LogP contribution in [-0.2, 0) is 9.59 Å². The van der Waals surface area contributed by atoms with Crippen LogP contribution in [0.2, 0.25) is 0 Å². The molecule has 176 valence electrons. The van der Waals surface area contributed by atoms with Crippen molar-refractivity contribution in [2.45, 2.75) is 109 Å². The van der Waals surface area contributed by atoms with Crippen molar-refractivity contribution in [2.24, 2.45) is 0 Å². The summed E-state index contributed by atoms with van der Waals surface area (Å²) >= 11 is 0. The van der Waals surface area contributed by atoms with Crippen LogP contribution in [0.4, 0.5) is 4.79 Å². The summed E-state index contributed by atoms with van der Waals surface area (Å²) in [5, 5.41) is 6.00. The molecule has 31 heavy (non-hydrogen) atoms. The number of unbranched alkanes of at least 4 members (excludes halogenated alkanes) is 3. The van der Waals surface area contributed by atoms with E-state index in [9.17, 15) is 14.4 Å². The molecular weight excluding hydrogens is 392 g/mol. The first-order valence-electron chi connectivity index (χ1n) is 11.9. The lowest BCUT2D eigenvalue weighted by Gasteiger charge is -2.34. The molecule has 0 bridgehead atoms. The maximum Gasteiger partial charge on any atom is 0.318 e. The van der Waals surface area contributed by atoms with Crippen molar-refractivity contribution in [1.82, 2.24) is 20.4 Å². The van der Waals surface area contributed by atoms with Gasteiger partial charge in [-0.25, -0.2) is 4.79 Å². The molecule has 0 aromatic carbocycles. The SMILES string of the molecule is C/C=C\CCCCC[C@H](NC(=O)N(C)C(C)(C)C)C(=O)N1CCC[C@H]1C(=O)NC1CC1. The number of amides is 4. The molecule has 1 aliphatic carbocycles. The summed E-state index contributed by atoms with van der Waals surface area (Å²) in [7, 11) is 1.75. The molecule has 7 nitrogen and oxygen atoms in total. The minimum Gasteiger partial charge on any atom is -0.352 e. The maximum atomic E-state index is 13.4. The number of allylic oxidation sites excluding steroid dienone is 2. The van der Waals surface area contributed by atoms with Crippen molar-refractivity contribution in [3.8, 4) is 0 Å². The van der Waals surface area contributed by atoms with E-state index in [1.165, 1.54) is 0 Å². The second-order valence-electron chi connectivity index (χ2n) is 9.91. The summed E-state index contributed by atoms with van der Waals surface area (Å²) in [6.45, 7) is 8.47. The zero-order chi connectivity index (χ0) is 23.0. The maximum absolute atomic E-state index is 13.4. The zero-order valence-corrected chi connectivity index (χ0v) is 20.1. The number of likely N-dealkylation sites (tertiary alicyclic amines) is 1. The first-order valence-corrected chi connectivity index (χ1v) is 11.9. The predicted octanol–water partition coefficient (Wildman–Crippen LogP) is 3.59. The lowest BCUT2D eigenvalue weighted by molar-refractivity contribution is -0.140. The largest absolute Gasteiger partial charge is 0.352 e. The summed E-state index contributed by atoms with van der Waals surface area (Å²) in [5.41, 5.74) is -0.343. The standard InChI is InChI=1S/C24H42N4O3/c1-6-7-8-9-10-11-13-19(26-23(31)27(5)24(2,3)4)22(30)28-17-12-14-20(28)21(29)25-18-15-16-18/h6-7,18-20H,8-17H2,1-5H3,(H,25,29)(H,26,31)/b7-6-/t19-,20-/m0/s1. The van der Waals surface area contributed by atoms with Gasteiger partial charge in [-0.1, -0.05) is 25.0 Å². The molecule has 0 aromatic heterocycles. The summed E-state index contributed by atoms with van der Waals surface area (Å²) in [6.07, 6.45) is 12.3. The molecule has 7 heteroatoms. The van der Waals surface area contributed by atoms with Gasteiger partial charge in [0, 0.05) is 25.2 Å². The van der Waals surface area contributed by atoms with Gasteiger partial charge in [0.25, 0.3) is 0 Å². The number of urea groups is 1. The van der Waals surface area contributed by atoms with Crippen molar-refractivity contribution in [3.05, 3.63) is 12.2 Å². The van der Waals surface area contributed by atoms with Crippen LogP contribution in [-0.4, -0.2) is 64.9 Å². The van der Waals surface area contributed by atoms with Crippen LogP contribution in [0, 0.1) is 0 Å². The highest BCUT2D eigenvalue weighted by molar-refractivity contribution is 5.92. The third-order valence-electron chi connectivity index (χ3n) is 6.27. The quantitative estimate of drug-likeness (QED) is 0.407. The fourth-order valence-electron chi connectivity index (χ4n) is 3.79. The van der Waals surface area contributed by atoms with Gasteiger partial charge in [0.15, 0.2) is 0 Å². The van der Waals surface area contributed by atoms with Gasteiger partial charge in [0.1, 0.15) is 12.1 Å². The summed E-state index contributed by atoms with van der Waals surface area (Å²) in [6, 6.07) is -0.994. The second kappa shape index (κ2) is 11.5. The van der Waals surface area contributed by atoms with Crippen molar-refractivity contribution >= 4 is 17.8 Å². The Bertz CT molecular complexity index is 652. The van der Waals surface area contributed by atoms with Gasteiger partial charge < -0.3 is 20.4 Å². The van der Waals surface area contributed by atoms with Crippen LogP contribution in [0.25, 0.3) is 0 Å². The first kappa shape index (κ1) is 25.2. The van der Waals surface area contributed by atoms with Gasteiger partial charge in [0.2, 0.25) is 11.8 Å². The molecule has 4 amide bonds. The van der Waals surface area contributed by atoms with E-state index in [2.05, 4.69) is 22.8 Å². The number of nitrogens with zero attached hydrogens (tertiary/aromatic N) is 2. The normalized spacial score (nSPS) is 20.0. The van der Waals surface area contributed by atoms with E-state index in [-0.39, 0.29) is 29.4 Å². The highest BCUT2D eigenvalue weighted by Crippen LogP contribution is 2.24. The van der Waals surface area contributed by atoms with E-state index in [1.54, 1.807) is 16.8 Å². The molecule has 1 heterocycles. The van der Waals surface area contributed by atoms with Crippen LogP contribution in [0.1, 0.15) is 85.5 Å². The van der Waals surface area contributed by atoms with Gasteiger partial charge in [-0.05, 0) is 72.6 Å². The second-order valence-corrected chi connectivity index (χ2v) is 9.91. The van der Waals surface area contributed by atoms with E-state index < -0.39 is 12.1 Å². The molecular formula is C24H42N4O3. The lowest BCUT2D eigenvalue weighted by Crippen LogP contribution is -2.57. The number of rotatable bonds is 10. The van der Waals surface area contributed by atoms with Crippen LogP contribution in [0.5, 0.6) is 0 Å². The molecule has 2 rings (SSSR count). The van der Waals surface area contributed by atoms with Gasteiger partial charge in [-0.2, -0.15) is 0 Å². The van der Waals surface area contributed by atoms with Crippen molar-refractivity contribution in [1.29, 1.82) is 0 Å². The summed E-state index contributed by atoms with van der Waals surface area (Å²) in [4.78, 5) is 42.2. The van der Waals surface area contributed by atoms with E-state index >= 15 is 0 Å². The molecule has 2 N–H and O–H groups in total. The third kappa shape index (κ3) is 7.86. The molecule has 1 saturated heterocycles. The monoisotopic (exact) mass is 434 g/mol. The number of nitrogens with one attached hydrogen (secondary N) is 2. The molecule has 0 aromatic rings. The highest BCUT2D eigenvalue weighted by atomic mass is 16.2. The van der Waals surface area contributed by atoms with Crippen LogP contribution in [0.15, 0.2) is 12.2 Å². The average Bonchev–Trinajstić information content (AvgIpc) is 3.38. The molecule has 1 aliphatic heterocycles. The number of carbonyl (C=O) groups excluding carboxylic acids is 3. The summed E-state index contributed by atoms with van der Waals surface area (Å²) in [5.74, 6) is -0.172. The Morgan fingerprint density at radius 3 is 2.45 bits per heavy atom. The Hall–Kier alpha value is -2.05. The minimum absolute atomic E-state index is 0.0448. The topological polar surface area (TPSA) is 81.8 Å². The Morgan fingerprint density at radius 1 is 1.13 bits per heavy atom. The highest BCUT2D eigenvalue weighted by Gasteiger charge is 2.39. The third-order valence-corrected chi connectivity index (χ3v) is 6.27. The van der Waals surface area contributed by atoms with Gasteiger partial charge in [0.05, 0.1) is 0 Å². The van der Waals surface area contributed by atoms with E-state index in [1.807, 2.05) is 27.7 Å². The fraction of sp³-hybridized carbons (Fsp3) is 0.792. The number of hydrogen-bond donors (Lipinski definition) is 2. The Labute approximate surface area is 188 Å². The van der Waals surface area contributed by atoms with Crippen molar-refractivity contribution in [2.75, 3.05) is 13.6 Å². The lowest BCUT2D eigenvalue weighted by atomic mass is 10.0. The zero-order valence-electron chi connectivity index (χ0n) is 20.1. The fourth-order valence-corrected chi connectivity index (χ4v) is 3.79. The Balaban J connectivity index is 2.02. The van der Waals surface area contributed by atoms with Gasteiger partial charge in [-0.3, -0.25) is 9.59 Å². The van der Waals surface area contributed by atoms with E-state index in [4.69, 9.17) is 0 Å². The molecule has 2 aliphatic rings. The van der Waals surface area contributed by atoms with Crippen molar-refractivity contribution in [3.63, 3.8) is 0 Å². The van der Waals surface area contributed by atoms with Gasteiger partial charge >= 0.3 is 6.03 Å². The molecule has 2 atom stereocenters. The van der Waals surface area contributed by atoms with Crippen LogP contribution in [0.3, 0.4) is 0 Å². The smallest absolute Gasteiger partial charge is 0.318 e.